The predicted molar refractivity (Wildman–Crippen MR) is 92.9 cm³/mol. The van der Waals surface area contributed by atoms with Crippen molar-refractivity contribution >= 4 is 11.8 Å². The van der Waals surface area contributed by atoms with Gasteiger partial charge in [-0.05, 0) is 24.0 Å². The number of esters is 1. The van der Waals surface area contributed by atoms with Gasteiger partial charge in [0, 0.05) is 19.5 Å². The van der Waals surface area contributed by atoms with Gasteiger partial charge >= 0.3 is 5.97 Å². The molecule has 24 heavy (non-hydrogen) atoms. The molecule has 0 aliphatic heterocycles. The third-order valence-corrected chi connectivity index (χ3v) is 4.39. The number of nitrogens with one attached hydrogen (secondary N) is 1. The van der Waals surface area contributed by atoms with E-state index in [9.17, 15) is 4.79 Å². The maximum absolute atomic E-state index is 11.5. The molecule has 0 bridgehead atoms. The molecule has 5 heteroatoms. The van der Waals surface area contributed by atoms with Crippen LogP contribution >= 0.6 is 0 Å². The van der Waals surface area contributed by atoms with Gasteiger partial charge in [0.05, 0.1) is 17.4 Å². The maximum Gasteiger partial charge on any atom is 0.302 e. The zero-order valence-electron chi connectivity index (χ0n) is 14.4. The normalized spacial score (nSPS) is 19.0. The second-order valence-electron chi connectivity index (χ2n) is 6.04. The van der Waals surface area contributed by atoms with Gasteiger partial charge in [-0.25, -0.2) is 4.98 Å². The van der Waals surface area contributed by atoms with E-state index >= 15 is 0 Å². The van der Waals surface area contributed by atoms with Gasteiger partial charge < -0.3 is 10.1 Å². The Morgan fingerprint density at radius 2 is 2.08 bits per heavy atom. The monoisotopic (exact) mass is 325 g/mol. The smallest absolute Gasteiger partial charge is 0.302 e. The Hall–Kier alpha value is -2.43. The van der Waals surface area contributed by atoms with Crippen molar-refractivity contribution in [1.82, 2.24) is 9.97 Å². The number of rotatable bonds is 5. The zero-order chi connectivity index (χ0) is 17.1. The van der Waals surface area contributed by atoms with Crippen LogP contribution in [0.1, 0.15) is 49.3 Å². The van der Waals surface area contributed by atoms with E-state index in [1.54, 1.807) is 0 Å². The molecule has 1 aromatic heterocycles. The average molecular weight is 325 g/mol. The third-order valence-electron chi connectivity index (χ3n) is 4.39. The molecule has 0 saturated carbocycles. The summed E-state index contributed by atoms with van der Waals surface area (Å²) in [6.45, 7) is 5.58. The first-order valence-electron chi connectivity index (χ1n) is 8.48. The average Bonchev–Trinajstić information content (AvgIpc) is 2.91. The topological polar surface area (TPSA) is 64.1 Å². The lowest BCUT2D eigenvalue weighted by Crippen LogP contribution is -2.27. The molecule has 1 aromatic carbocycles. The molecule has 2 atom stereocenters. The molecule has 0 fully saturated rings. The standard InChI is InChI=1S/C19H23N3O2/c1-4-14-11-20-16(5-2)19(21-14)22-18-15-9-7-6-8-13(15)10-17(18)24-12(3)23/h6-9,11,17-18H,4-5,10H2,1-3H3,(H,21,22)/t17-,18+/m0/s1. The van der Waals surface area contributed by atoms with E-state index in [0.29, 0.717) is 0 Å². The second-order valence-corrected chi connectivity index (χ2v) is 6.04. The number of benzene rings is 1. The fraction of sp³-hybridized carbons (Fsp3) is 0.421. The van der Waals surface area contributed by atoms with Crippen molar-refractivity contribution in [2.45, 2.75) is 52.2 Å². The zero-order valence-corrected chi connectivity index (χ0v) is 14.4. The van der Waals surface area contributed by atoms with Crippen molar-refractivity contribution in [3.63, 3.8) is 0 Å². The highest BCUT2D eigenvalue weighted by molar-refractivity contribution is 5.66. The van der Waals surface area contributed by atoms with Gasteiger partial charge in [-0.15, -0.1) is 0 Å². The quantitative estimate of drug-likeness (QED) is 0.855. The first-order valence-corrected chi connectivity index (χ1v) is 8.48. The molecular weight excluding hydrogens is 302 g/mol. The number of aromatic nitrogens is 2. The van der Waals surface area contributed by atoms with Crippen LogP contribution in [0.4, 0.5) is 5.82 Å². The van der Waals surface area contributed by atoms with Crippen molar-refractivity contribution < 1.29 is 9.53 Å². The van der Waals surface area contributed by atoms with Crippen LogP contribution in [-0.2, 0) is 28.8 Å². The minimum absolute atomic E-state index is 0.100. The molecule has 2 aromatic rings. The molecule has 3 rings (SSSR count). The van der Waals surface area contributed by atoms with Crippen LogP contribution in [0.2, 0.25) is 0 Å². The van der Waals surface area contributed by atoms with Crippen molar-refractivity contribution in [1.29, 1.82) is 0 Å². The fourth-order valence-corrected chi connectivity index (χ4v) is 3.19. The minimum atomic E-state index is -0.260. The number of nitrogens with zero attached hydrogens (tertiary/aromatic N) is 2. The molecule has 5 nitrogen and oxygen atoms in total. The molecule has 1 heterocycles. The minimum Gasteiger partial charge on any atom is -0.460 e. The van der Waals surface area contributed by atoms with Gasteiger partial charge in [-0.3, -0.25) is 9.78 Å². The molecule has 126 valence electrons. The van der Waals surface area contributed by atoms with Gasteiger partial charge in [-0.2, -0.15) is 0 Å². The first kappa shape index (κ1) is 16.4. The van der Waals surface area contributed by atoms with E-state index in [-0.39, 0.29) is 18.1 Å². The fourth-order valence-electron chi connectivity index (χ4n) is 3.19. The van der Waals surface area contributed by atoms with E-state index < -0.39 is 0 Å². The Labute approximate surface area is 142 Å². The van der Waals surface area contributed by atoms with Crippen LogP contribution in [-0.4, -0.2) is 22.0 Å². The largest absolute Gasteiger partial charge is 0.460 e. The van der Waals surface area contributed by atoms with Crippen molar-refractivity contribution in [2.75, 3.05) is 5.32 Å². The molecule has 0 saturated heterocycles. The lowest BCUT2D eigenvalue weighted by Gasteiger charge is -2.23. The number of ether oxygens (including phenoxy) is 1. The number of carbonyl (C=O) groups is 1. The highest BCUT2D eigenvalue weighted by Crippen LogP contribution is 2.36. The Morgan fingerprint density at radius 3 is 2.79 bits per heavy atom. The number of anilines is 1. The van der Waals surface area contributed by atoms with Crippen LogP contribution in [0.15, 0.2) is 30.5 Å². The number of fused-ring (bicyclic) bond motifs is 1. The molecule has 1 aliphatic rings. The van der Waals surface area contributed by atoms with Gasteiger partial charge in [0.2, 0.25) is 0 Å². The Bertz CT molecular complexity index is 745. The molecule has 1 N–H and O–H groups in total. The summed E-state index contributed by atoms with van der Waals surface area (Å²) in [5, 5.41) is 3.50. The summed E-state index contributed by atoms with van der Waals surface area (Å²) in [7, 11) is 0. The van der Waals surface area contributed by atoms with Gasteiger partial charge in [0.15, 0.2) is 0 Å². The molecule has 1 aliphatic carbocycles. The Kier molecular flexibility index (Phi) is 4.79. The number of aryl methyl sites for hydroxylation is 2. The number of hydrogen-bond acceptors (Lipinski definition) is 5. The van der Waals surface area contributed by atoms with E-state index in [2.05, 4.69) is 36.3 Å². The van der Waals surface area contributed by atoms with Crippen molar-refractivity contribution in [3.05, 3.63) is 53.0 Å². The van der Waals surface area contributed by atoms with Gasteiger partial charge in [0.1, 0.15) is 11.9 Å². The Morgan fingerprint density at radius 1 is 1.29 bits per heavy atom. The number of hydrogen-bond donors (Lipinski definition) is 1. The highest BCUT2D eigenvalue weighted by Gasteiger charge is 2.35. The second kappa shape index (κ2) is 6.99. The summed E-state index contributed by atoms with van der Waals surface area (Å²) in [6, 6.07) is 8.10. The predicted octanol–water partition coefficient (Wildman–Crippen LogP) is 3.24. The lowest BCUT2D eigenvalue weighted by molar-refractivity contribution is -0.146. The highest BCUT2D eigenvalue weighted by atomic mass is 16.5. The van der Waals surface area contributed by atoms with Gasteiger partial charge in [0.25, 0.3) is 0 Å². The van der Waals surface area contributed by atoms with Crippen molar-refractivity contribution in [3.8, 4) is 0 Å². The first-order chi connectivity index (χ1) is 11.6. The SMILES string of the molecule is CCc1cnc(CC)c(N[C@@H]2c3ccccc3C[C@@H]2OC(C)=O)n1. The van der Waals surface area contributed by atoms with E-state index in [1.165, 1.54) is 12.5 Å². The van der Waals surface area contributed by atoms with Crippen LogP contribution in [0.25, 0.3) is 0 Å². The summed E-state index contributed by atoms with van der Waals surface area (Å²) in [5.74, 6) is 0.527. The van der Waals surface area contributed by atoms with Crippen LogP contribution in [0.5, 0.6) is 0 Å². The molecule has 0 unspecified atom stereocenters. The third kappa shape index (κ3) is 3.25. The maximum atomic E-state index is 11.5. The summed E-state index contributed by atoms with van der Waals surface area (Å²) < 4.78 is 5.56. The summed E-state index contributed by atoms with van der Waals surface area (Å²) in [6.07, 6.45) is 3.95. The van der Waals surface area contributed by atoms with Crippen LogP contribution in [0.3, 0.4) is 0 Å². The number of carbonyl (C=O) groups excluding carboxylic acids is 1. The molecule has 0 radical (unpaired) electrons. The van der Waals surface area contributed by atoms with Crippen molar-refractivity contribution in [2.24, 2.45) is 0 Å². The van der Waals surface area contributed by atoms with Gasteiger partial charge in [-0.1, -0.05) is 38.1 Å². The summed E-state index contributed by atoms with van der Waals surface area (Å²) in [5.41, 5.74) is 4.25. The van der Waals surface area contributed by atoms with E-state index in [0.717, 1.165) is 42.0 Å². The molecular formula is C19H23N3O2. The summed E-state index contributed by atoms with van der Waals surface area (Å²) >= 11 is 0. The van der Waals surface area contributed by atoms with E-state index in [1.807, 2.05) is 18.3 Å². The Balaban J connectivity index is 1.95. The lowest BCUT2D eigenvalue weighted by atomic mass is 10.1. The summed E-state index contributed by atoms with van der Waals surface area (Å²) in [4.78, 5) is 20.7. The molecule has 0 amide bonds. The van der Waals surface area contributed by atoms with Crippen LogP contribution < -0.4 is 5.32 Å². The molecule has 0 spiro atoms. The van der Waals surface area contributed by atoms with Crippen LogP contribution in [0, 0.1) is 0 Å². The van der Waals surface area contributed by atoms with E-state index in [4.69, 9.17) is 9.72 Å².